The van der Waals surface area contributed by atoms with Gasteiger partial charge in [0.2, 0.25) is 0 Å². The van der Waals surface area contributed by atoms with E-state index in [1.807, 2.05) is 0 Å². The monoisotopic (exact) mass is 242 g/mol. The van der Waals surface area contributed by atoms with Crippen molar-refractivity contribution >= 4 is 0 Å². The molecule has 0 saturated heterocycles. The van der Waals surface area contributed by atoms with E-state index >= 15 is 0 Å². The SMILES string of the molecule is CCCCCCN(CCCCCC)CC(C)N. The molecule has 0 amide bonds. The van der Waals surface area contributed by atoms with E-state index in [0.717, 1.165) is 6.54 Å². The molecule has 1 unspecified atom stereocenters. The molecule has 0 aromatic carbocycles. The van der Waals surface area contributed by atoms with Crippen molar-refractivity contribution in [2.45, 2.75) is 78.2 Å². The van der Waals surface area contributed by atoms with Gasteiger partial charge in [-0.3, -0.25) is 0 Å². The standard InChI is InChI=1S/C15H34N2/c1-4-6-8-10-12-17(14-15(3)16)13-11-9-7-5-2/h15H,4-14,16H2,1-3H3. The van der Waals surface area contributed by atoms with Gasteiger partial charge in [-0.1, -0.05) is 52.4 Å². The number of hydrogen-bond donors (Lipinski definition) is 1. The molecule has 0 aromatic rings. The molecule has 0 radical (unpaired) electrons. The third-order valence-electron chi connectivity index (χ3n) is 3.20. The van der Waals surface area contributed by atoms with Crippen LogP contribution in [0.5, 0.6) is 0 Å². The van der Waals surface area contributed by atoms with Crippen LogP contribution in [0.3, 0.4) is 0 Å². The summed E-state index contributed by atoms with van der Waals surface area (Å²) in [6.07, 6.45) is 10.8. The van der Waals surface area contributed by atoms with Gasteiger partial charge in [0.05, 0.1) is 0 Å². The van der Waals surface area contributed by atoms with Crippen LogP contribution in [-0.4, -0.2) is 30.6 Å². The molecule has 0 aliphatic heterocycles. The Labute approximate surface area is 109 Å². The third kappa shape index (κ3) is 12.2. The minimum absolute atomic E-state index is 0.312. The fourth-order valence-electron chi connectivity index (χ4n) is 2.23. The Hall–Kier alpha value is -0.0800. The highest BCUT2D eigenvalue weighted by molar-refractivity contribution is 4.64. The van der Waals surface area contributed by atoms with Gasteiger partial charge in [-0.25, -0.2) is 0 Å². The van der Waals surface area contributed by atoms with E-state index in [1.165, 1.54) is 64.5 Å². The lowest BCUT2D eigenvalue weighted by atomic mass is 10.1. The highest BCUT2D eigenvalue weighted by Gasteiger charge is 2.06. The lowest BCUT2D eigenvalue weighted by Gasteiger charge is -2.24. The summed E-state index contributed by atoms with van der Waals surface area (Å²) >= 11 is 0. The number of hydrogen-bond acceptors (Lipinski definition) is 2. The second-order valence-electron chi connectivity index (χ2n) is 5.40. The normalized spacial score (nSPS) is 13.2. The second kappa shape index (κ2) is 12.4. The molecule has 2 nitrogen and oxygen atoms in total. The molecule has 0 fully saturated rings. The number of nitrogens with two attached hydrogens (primary N) is 1. The largest absolute Gasteiger partial charge is 0.327 e. The Morgan fingerprint density at radius 2 is 1.29 bits per heavy atom. The van der Waals surface area contributed by atoms with E-state index in [4.69, 9.17) is 5.73 Å². The summed E-state index contributed by atoms with van der Waals surface area (Å²) in [5.41, 5.74) is 5.91. The average Bonchev–Trinajstić information content (AvgIpc) is 2.29. The third-order valence-corrected chi connectivity index (χ3v) is 3.20. The smallest absolute Gasteiger partial charge is 0.0139 e. The molecule has 0 aliphatic carbocycles. The Morgan fingerprint density at radius 1 is 0.824 bits per heavy atom. The van der Waals surface area contributed by atoms with Crippen molar-refractivity contribution in [1.29, 1.82) is 0 Å². The van der Waals surface area contributed by atoms with Crippen LogP contribution in [0.2, 0.25) is 0 Å². The summed E-state index contributed by atoms with van der Waals surface area (Å²) in [5, 5.41) is 0. The van der Waals surface area contributed by atoms with Gasteiger partial charge in [0.25, 0.3) is 0 Å². The van der Waals surface area contributed by atoms with E-state index in [2.05, 4.69) is 25.7 Å². The van der Waals surface area contributed by atoms with Gasteiger partial charge in [-0.05, 0) is 32.9 Å². The summed E-state index contributed by atoms with van der Waals surface area (Å²) in [5.74, 6) is 0. The molecule has 0 rings (SSSR count). The van der Waals surface area contributed by atoms with Crippen molar-refractivity contribution < 1.29 is 0 Å². The minimum Gasteiger partial charge on any atom is -0.327 e. The zero-order valence-electron chi connectivity index (χ0n) is 12.4. The molecule has 104 valence electrons. The van der Waals surface area contributed by atoms with E-state index < -0.39 is 0 Å². The highest BCUT2D eigenvalue weighted by atomic mass is 15.1. The number of rotatable bonds is 12. The van der Waals surface area contributed by atoms with Crippen molar-refractivity contribution in [1.82, 2.24) is 4.90 Å². The van der Waals surface area contributed by atoms with E-state index in [-0.39, 0.29) is 0 Å². The number of unbranched alkanes of at least 4 members (excludes halogenated alkanes) is 6. The first-order valence-electron chi connectivity index (χ1n) is 7.68. The van der Waals surface area contributed by atoms with Gasteiger partial charge in [0.1, 0.15) is 0 Å². The first kappa shape index (κ1) is 16.9. The fraction of sp³-hybridized carbons (Fsp3) is 1.00. The van der Waals surface area contributed by atoms with Crippen LogP contribution < -0.4 is 5.73 Å². The second-order valence-corrected chi connectivity index (χ2v) is 5.40. The van der Waals surface area contributed by atoms with Crippen LogP contribution in [0, 0.1) is 0 Å². The van der Waals surface area contributed by atoms with E-state index in [1.54, 1.807) is 0 Å². The van der Waals surface area contributed by atoms with Crippen LogP contribution in [0.4, 0.5) is 0 Å². The van der Waals surface area contributed by atoms with Crippen LogP contribution in [0.1, 0.15) is 72.1 Å². The van der Waals surface area contributed by atoms with Crippen molar-refractivity contribution in [2.75, 3.05) is 19.6 Å². The van der Waals surface area contributed by atoms with E-state index in [9.17, 15) is 0 Å². The molecule has 17 heavy (non-hydrogen) atoms. The van der Waals surface area contributed by atoms with Crippen LogP contribution in [-0.2, 0) is 0 Å². The molecule has 0 bridgehead atoms. The number of nitrogens with zero attached hydrogens (tertiary/aromatic N) is 1. The molecule has 0 aliphatic rings. The summed E-state index contributed by atoms with van der Waals surface area (Å²) in [4.78, 5) is 2.57. The molecule has 0 saturated carbocycles. The highest BCUT2D eigenvalue weighted by Crippen LogP contribution is 2.05. The Morgan fingerprint density at radius 3 is 1.65 bits per heavy atom. The molecular formula is C15H34N2. The van der Waals surface area contributed by atoms with E-state index in [0.29, 0.717) is 6.04 Å². The van der Waals surface area contributed by atoms with Crippen LogP contribution in [0.15, 0.2) is 0 Å². The quantitative estimate of drug-likeness (QED) is 0.528. The topological polar surface area (TPSA) is 29.3 Å². The zero-order valence-corrected chi connectivity index (χ0v) is 12.4. The summed E-state index contributed by atoms with van der Waals surface area (Å²) in [6.45, 7) is 10.2. The summed E-state index contributed by atoms with van der Waals surface area (Å²) in [7, 11) is 0. The van der Waals surface area contributed by atoms with Crippen LogP contribution >= 0.6 is 0 Å². The molecule has 2 heteroatoms. The maximum absolute atomic E-state index is 5.91. The Balaban J connectivity index is 3.64. The molecule has 1 atom stereocenters. The summed E-state index contributed by atoms with van der Waals surface area (Å²) in [6, 6.07) is 0.312. The first-order valence-corrected chi connectivity index (χ1v) is 7.68. The maximum Gasteiger partial charge on any atom is 0.0139 e. The van der Waals surface area contributed by atoms with Gasteiger partial charge in [0, 0.05) is 12.6 Å². The van der Waals surface area contributed by atoms with Gasteiger partial charge in [-0.15, -0.1) is 0 Å². The van der Waals surface area contributed by atoms with Gasteiger partial charge < -0.3 is 10.6 Å². The van der Waals surface area contributed by atoms with Crippen LogP contribution in [0.25, 0.3) is 0 Å². The molecular weight excluding hydrogens is 208 g/mol. The molecule has 2 N–H and O–H groups in total. The van der Waals surface area contributed by atoms with Gasteiger partial charge >= 0.3 is 0 Å². The lowest BCUT2D eigenvalue weighted by molar-refractivity contribution is 0.249. The predicted molar refractivity (Wildman–Crippen MR) is 78.4 cm³/mol. The van der Waals surface area contributed by atoms with Crippen molar-refractivity contribution in [3.05, 3.63) is 0 Å². The maximum atomic E-state index is 5.91. The molecule has 0 heterocycles. The van der Waals surface area contributed by atoms with Crippen molar-refractivity contribution in [3.63, 3.8) is 0 Å². The van der Waals surface area contributed by atoms with Gasteiger partial charge in [0.15, 0.2) is 0 Å². The van der Waals surface area contributed by atoms with Crippen molar-refractivity contribution in [3.8, 4) is 0 Å². The summed E-state index contributed by atoms with van der Waals surface area (Å²) < 4.78 is 0. The fourth-order valence-corrected chi connectivity index (χ4v) is 2.23. The van der Waals surface area contributed by atoms with Crippen molar-refractivity contribution in [2.24, 2.45) is 5.73 Å². The zero-order chi connectivity index (χ0) is 12.9. The molecule has 0 spiro atoms. The average molecular weight is 242 g/mol. The lowest BCUT2D eigenvalue weighted by Crippen LogP contribution is -2.36. The Kier molecular flexibility index (Phi) is 12.3. The molecule has 0 aromatic heterocycles. The Bertz CT molecular complexity index is 134. The minimum atomic E-state index is 0.312. The first-order chi connectivity index (χ1) is 8.20. The van der Waals surface area contributed by atoms with Gasteiger partial charge in [-0.2, -0.15) is 0 Å². The predicted octanol–water partition coefficient (Wildman–Crippen LogP) is 3.80.